The first-order valence-electron chi connectivity index (χ1n) is 8.12. The van der Waals surface area contributed by atoms with Crippen LogP contribution in [0.15, 0.2) is 0 Å². The van der Waals surface area contributed by atoms with Crippen molar-refractivity contribution in [1.82, 2.24) is 0 Å². The molecule has 2 nitrogen and oxygen atoms in total. The van der Waals surface area contributed by atoms with Crippen molar-refractivity contribution >= 4 is 7.85 Å². The van der Waals surface area contributed by atoms with E-state index in [1.807, 2.05) is 6.42 Å². The first-order chi connectivity index (χ1) is 9.66. The average Bonchev–Trinajstić information content (AvgIpc) is 2.69. The number of hydrogen-bond acceptors (Lipinski definition) is 2. The van der Waals surface area contributed by atoms with E-state index in [9.17, 15) is 0 Å². The SMILES string of the molecule is [B][C@H]1[CH-][C@H](C)C([CH2-])(CC)O1.[CH2-]C1(CC)CO[C@@H](C)[CH-]C1C.[Y].[Y]. The van der Waals surface area contributed by atoms with Gasteiger partial charge in [0.1, 0.15) is 0 Å². The van der Waals surface area contributed by atoms with Gasteiger partial charge in [0.2, 0.25) is 0 Å². The third-order valence-corrected chi connectivity index (χ3v) is 5.14. The zero-order chi connectivity index (χ0) is 16.3. The summed E-state index contributed by atoms with van der Waals surface area (Å²) in [5.74, 6) is 0.948. The first-order valence-corrected chi connectivity index (χ1v) is 8.12. The van der Waals surface area contributed by atoms with Gasteiger partial charge in [-0.3, -0.25) is 6.42 Å². The van der Waals surface area contributed by atoms with E-state index in [4.69, 9.17) is 17.3 Å². The molecule has 128 valence electrons. The normalized spacial score (nSPS) is 42.7. The van der Waals surface area contributed by atoms with E-state index < -0.39 is 0 Å². The third-order valence-electron chi connectivity index (χ3n) is 5.14. The zero-order valence-electron chi connectivity index (χ0n) is 15.5. The van der Waals surface area contributed by atoms with Gasteiger partial charge < -0.3 is 29.7 Å². The van der Waals surface area contributed by atoms with Gasteiger partial charge in [-0.1, -0.05) is 59.2 Å². The molecule has 2 fully saturated rings. The maximum atomic E-state index is 5.56. The molecule has 2 aliphatic heterocycles. The zero-order valence-corrected chi connectivity index (χ0v) is 21.2. The van der Waals surface area contributed by atoms with E-state index in [2.05, 4.69) is 54.9 Å². The Kier molecular flexibility index (Phi) is 14.1. The average molecular weight is 468 g/mol. The van der Waals surface area contributed by atoms with Crippen molar-refractivity contribution in [3.05, 3.63) is 26.7 Å². The Hall–Kier alpha value is 2.19. The minimum atomic E-state index is -0.264. The number of rotatable bonds is 2. The Labute approximate surface area is 196 Å². The van der Waals surface area contributed by atoms with E-state index in [0.717, 1.165) is 19.4 Å². The molecule has 6 atom stereocenters. The summed E-state index contributed by atoms with van der Waals surface area (Å²) in [6.45, 7) is 19.6. The quantitative estimate of drug-likeness (QED) is 0.454. The fraction of sp³-hybridized carbons (Fsp3) is 0.778. The standard InChI is InChI=1S/C10H18O.C8H13BO.2Y/c1-5-10(4)7-11-9(3)6-8(10)2;1-4-8(3)6(2)5-7(9)10-8;;/h6,8-9H,4-5,7H2,1-3H3;5-7H,3-4H2,1-2H3;;/q2*-2;;/t8?,9-,10?;6-,7+,8?;;/m00../s1. The van der Waals surface area contributed by atoms with Gasteiger partial charge in [-0.05, 0) is 0 Å². The van der Waals surface area contributed by atoms with E-state index in [1.165, 1.54) is 0 Å². The monoisotopic (exact) mass is 468 g/mol. The predicted molar refractivity (Wildman–Crippen MR) is 89.4 cm³/mol. The Bertz CT molecular complexity index is 332. The van der Waals surface area contributed by atoms with Crippen molar-refractivity contribution in [3.63, 3.8) is 0 Å². The van der Waals surface area contributed by atoms with Gasteiger partial charge in [-0.25, -0.2) is 0 Å². The molecule has 0 saturated carbocycles. The van der Waals surface area contributed by atoms with Gasteiger partial charge in [0.15, 0.2) is 0 Å². The van der Waals surface area contributed by atoms with Crippen molar-refractivity contribution in [2.24, 2.45) is 17.3 Å². The largest absolute Gasteiger partial charge is 0.446 e. The molecule has 4 radical (unpaired) electrons. The molecule has 0 aromatic carbocycles. The Morgan fingerprint density at radius 3 is 1.91 bits per heavy atom. The van der Waals surface area contributed by atoms with Gasteiger partial charge in [0.25, 0.3) is 0 Å². The summed E-state index contributed by atoms with van der Waals surface area (Å²) in [4.78, 5) is 0. The third kappa shape index (κ3) is 7.76. The van der Waals surface area contributed by atoms with E-state index in [1.54, 1.807) is 0 Å². The van der Waals surface area contributed by atoms with Crippen LogP contribution in [-0.4, -0.2) is 32.2 Å². The molecule has 0 amide bonds. The molecule has 0 N–H and O–H groups in total. The van der Waals surface area contributed by atoms with Gasteiger partial charge >= 0.3 is 0 Å². The summed E-state index contributed by atoms with van der Waals surface area (Å²) in [5, 5.41) is 0. The minimum Gasteiger partial charge on any atom is -0.446 e. The van der Waals surface area contributed by atoms with Gasteiger partial charge in [0.05, 0.1) is 7.85 Å². The summed E-state index contributed by atoms with van der Waals surface area (Å²) >= 11 is 0. The van der Waals surface area contributed by atoms with Crippen LogP contribution >= 0.6 is 0 Å². The molecule has 2 heterocycles. The molecule has 3 unspecified atom stereocenters. The van der Waals surface area contributed by atoms with Crippen LogP contribution in [0.3, 0.4) is 0 Å². The molecule has 0 aliphatic carbocycles. The summed E-state index contributed by atoms with van der Waals surface area (Å²) in [7, 11) is 5.56. The van der Waals surface area contributed by atoms with Crippen molar-refractivity contribution in [1.29, 1.82) is 0 Å². The molecule has 0 aromatic rings. The molecule has 2 saturated heterocycles. The number of ether oxygens (including phenoxy) is 2. The van der Waals surface area contributed by atoms with Crippen LogP contribution in [0.4, 0.5) is 0 Å². The second-order valence-corrected chi connectivity index (χ2v) is 6.70. The van der Waals surface area contributed by atoms with Crippen LogP contribution in [0.2, 0.25) is 0 Å². The summed E-state index contributed by atoms with van der Waals surface area (Å²) < 4.78 is 11.0. The molecule has 5 heteroatoms. The van der Waals surface area contributed by atoms with Gasteiger partial charge in [-0.15, -0.1) is 6.00 Å². The Balaban J connectivity index is 0. The van der Waals surface area contributed by atoms with Crippen molar-refractivity contribution in [3.8, 4) is 0 Å². The van der Waals surface area contributed by atoms with Crippen LogP contribution in [0.1, 0.15) is 47.5 Å². The fourth-order valence-electron chi connectivity index (χ4n) is 2.80. The van der Waals surface area contributed by atoms with E-state index in [-0.39, 0.29) is 82.4 Å². The predicted octanol–water partition coefficient (Wildman–Crippen LogP) is 3.81. The van der Waals surface area contributed by atoms with Crippen LogP contribution < -0.4 is 0 Å². The van der Waals surface area contributed by atoms with Crippen molar-refractivity contribution < 1.29 is 74.9 Å². The summed E-state index contributed by atoms with van der Waals surface area (Å²) in [6.07, 6.45) is 6.57. The van der Waals surface area contributed by atoms with Gasteiger partial charge in [0, 0.05) is 72.0 Å². The van der Waals surface area contributed by atoms with Crippen molar-refractivity contribution in [2.75, 3.05) is 6.61 Å². The Morgan fingerprint density at radius 1 is 1.04 bits per heavy atom. The molecule has 0 aromatic heterocycles. The second kappa shape index (κ2) is 11.8. The maximum absolute atomic E-state index is 5.56. The molecule has 0 bridgehead atoms. The van der Waals surface area contributed by atoms with E-state index in [0.29, 0.717) is 17.9 Å². The molecular formula is C18H31BO2Y2-4. The van der Waals surface area contributed by atoms with Crippen LogP contribution in [0.25, 0.3) is 0 Å². The van der Waals surface area contributed by atoms with Crippen LogP contribution in [0, 0.1) is 43.9 Å². The minimum absolute atomic E-state index is 0. The molecule has 0 spiro atoms. The molecule has 23 heavy (non-hydrogen) atoms. The molecule has 2 rings (SSSR count). The van der Waals surface area contributed by atoms with Crippen LogP contribution in [0.5, 0.6) is 0 Å². The van der Waals surface area contributed by atoms with Crippen LogP contribution in [-0.2, 0) is 74.9 Å². The van der Waals surface area contributed by atoms with E-state index >= 15 is 0 Å². The van der Waals surface area contributed by atoms with Crippen molar-refractivity contribution in [2.45, 2.75) is 65.2 Å². The second-order valence-electron chi connectivity index (χ2n) is 6.70. The Morgan fingerprint density at radius 2 is 1.61 bits per heavy atom. The smallest absolute Gasteiger partial charge is 0.0623 e. The first kappa shape index (κ1) is 27.4. The number of hydrogen-bond donors (Lipinski definition) is 0. The van der Waals surface area contributed by atoms with Gasteiger partial charge in [-0.2, -0.15) is 17.3 Å². The molecule has 2 aliphatic rings. The summed E-state index contributed by atoms with van der Waals surface area (Å²) in [5.41, 5.74) is -0.133. The summed E-state index contributed by atoms with van der Waals surface area (Å²) in [6, 6.07) is -0.215. The molecular weight excluding hydrogens is 437 g/mol. The topological polar surface area (TPSA) is 18.5 Å². The maximum Gasteiger partial charge on any atom is 0.0623 e. The fourth-order valence-corrected chi connectivity index (χ4v) is 2.80.